The number of nitrogens with two attached hydrogens (primary N) is 1. The molecule has 20 heavy (non-hydrogen) atoms. The number of hydrogen-bond acceptors (Lipinski definition) is 3. The third-order valence-electron chi connectivity index (χ3n) is 3.64. The van der Waals surface area contributed by atoms with Crippen molar-refractivity contribution in [1.29, 1.82) is 0 Å². The van der Waals surface area contributed by atoms with Gasteiger partial charge in [-0.2, -0.15) is 0 Å². The summed E-state index contributed by atoms with van der Waals surface area (Å²) in [5.41, 5.74) is 7.14. The van der Waals surface area contributed by atoms with Gasteiger partial charge in [0.1, 0.15) is 0 Å². The minimum Gasteiger partial charge on any atom is -0.380 e. The van der Waals surface area contributed by atoms with E-state index in [1.165, 1.54) is 0 Å². The van der Waals surface area contributed by atoms with Crippen LogP contribution in [-0.2, 0) is 16.0 Å². The summed E-state index contributed by atoms with van der Waals surface area (Å²) in [6, 6.07) is 9.44. The van der Waals surface area contributed by atoms with Gasteiger partial charge in [0.15, 0.2) is 0 Å². The van der Waals surface area contributed by atoms with E-state index in [1.807, 2.05) is 35.2 Å². The number of rotatable bonds is 4. The molecule has 2 N–H and O–H groups in total. The Hall–Kier alpha value is -1.10. The average molecular weight is 299 g/mol. The number of carbonyl (C=O) groups is 1. The number of nitrogens with zero attached hydrogens (tertiary/aromatic N) is 1. The lowest BCUT2D eigenvalue weighted by molar-refractivity contribution is -0.136. The van der Waals surface area contributed by atoms with E-state index in [2.05, 4.69) is 0 Å². The zero-order valence-electron chi connectivity index (χ0n) is 11.8. The van der Waals surface area contributed by atoms with Gasteiger partial charge >= 0.3 is 0 Å². The first-order chi connectivity index (χ1) is 9.20. The second-order valence-corrected chi connectivity index (χ2v) is 5.08. The third kappa shape index (κ3) is 4.47. The third-order valence-corrected chi connectivity index (χ3v) is 3.64. The van der Waals surface area contributed by atoms with E-state index < -0.39 is 6.04 Å². The minimum absolute atomic E-state index is 0. The standard InChI is InChI=1S/C15H22N2O2.ClH/c1-19-13-8-5-9-17(11-13)15(18)14(16)10-12-6-3-2-4-7-12;/h2-4,6-7,13-14H,5,8-11,16H2,1H3;1H/t13?,14-;/m0./s1. The van der Waals surface area contributed by atoms with Crippen LogP contribution in [0.2, 0.25) is 0 Å². The first-order valence-electron chi connectivity index (χ1n) is 6.82. The van der Waals surface area contributed by atoms with Gasteiger partial charge in [-0.05, 0) is 24.8 Å². The van der Waals surface area contributed by atoms with E-state index in [9.17, 15) is 4.79 Å². The van der Waals surface area contributed by atoms with Crippen molar-refractivity contribution in [2.45, 2.75) is 31.4 Å². The van der Waals surface area contributed by atoms with Crippen molar-refractivity contribution in [3.63, 3.8) is 0 Å². The molecule has 1 aromatic carbocycles. The molecule has 1 fully saturated rings. The molecule has 2 atom stereocenters. The van der Waals surface area contributed by atoms with E-state index in [0.717, 1.165) is 24.9 Å². The molecule has 0 radical (unpaired) electrons. The smallest absolute Gasteiger partial charge is 0.239 e. The molecule has 2 rings (SSSR count). The zero-order valence-corrected chi connectivity index (χ0v) is 12.6. The quantitative estimate of drug-likeness (QED) is 0.919. The summed E-state index contributed by atoms with van der Waals surface area (Å²) in [4.78, 5) is 14.1. The average Bonchev–Trinajstić information content (AvgIpc) is 2.47. The lowest BCUT2D eigenvalue weighted by atomic mass is 10.0. The van der Waals surface area contributed by atoms with Crippen LogP contribution < -0.4 is 5.73 Å². The molecule has 1 unspecified atom stereocenters. The Morgan fingerprint density at radius 1 is 1.45 bits per heavy atom. The largest absolute Gasteiger partial charge is 0.380 e. The van der Waals surface area contributed by atoms with E-state index in [4.69, 9.17) is 10.5 Å². The van der Waals surface area contributed by atoms with Crippen LogP contribution in [0.1, 0.15) is 18.4 Å². The Bertz CT molecular complexity index is 414. The van der Waals surface area contributed by atoms with Crippen molar-refractivity contribution >= 4 is 18.3 Å². The molecule has 0 spiro atoms. The maximum atomic E-state index is 12.3. The minimum atomic E-state index is -0.460. The van der Waals surface area contributed by atoms with Crippen LogP contribution in [0.5, 0.6) is 0 Å². The highest BCUT2D eigenvalue weighted by atomic mass is 35.5. The maximum Gasteiger partial charge on any atom is 0.239 e. The van der Waals surface area contributed by atoms with Crippen LogP contribution in [0, 0.1) is 0 Å². The normalized spacial score (nSPS) is 20.1. The van der Waals surface area contributed by atoms with Gasteiger partial charge in [0.05, 0.1) is 12.1 Å². The van der Waals surface area contributed by atoms with Crippen molar-refractivity contribution < 1.29 is 9.53 Å². The highest BCUT2D eigenvalue weighted by molar-refractivity contribution is 5.85. The van der Waals surface area contributed by atoms with Crippen LogP contribution in [0.3, 0.4) is 0 Å². The number of carbonyl (C=O) groups excluding carboxylic acids is 1. The van der Waals surface area contributed by atoms with Crippen LogP contribution >= 0.6 is 12.4 Å². The molecular weight excluding hydrogens is 276 g/mol. The summed E-state index contributed by atoms with van der Waals surface area (Å²) in [5.74, 6) is 0.0330. The van der Waals surface area contributed by atoms with E-state index in [-0.39, 0.29) is 24.4 Å². The molecule has 112 valence electrons. The number of methoxy groups -OCH3 is 1. The van der Waals surface area contributed by atoms with Crippen molar-refractivity contribution in [2.24, 2.45) is 5.73 Å². The number of piperidine rings is 1. The van der Waals surface area contributed by atoms with Crippen molar-refractivity contribution in [3.8, 4) is 0 Å². The number of ether oxygens (including phenoxy) is 1. The Kier molecular flexibility index (Phi) is 6.99. The molecular formula is C15H23ClN2O2. The molecule has 5 heteroatoms. The number of likely N-dealkylation sites (tertiary alicyclic amines) is 1. The topological polar surface area (TPSA) is 55.6 Å². The van der Waals surface area contributed by atoms with E-state index in [0.29, 0.717) is 13.0 Å². The van der Waals surface area contributed by atoms with Gasteiger partial charge in [-0.25, -0.2) is 0 Å². The van der Waals surface area contributed by atoms with Gasteiger partial charge in [0.25, 0.3) is 0 Å². The molecule has 1 aliphatic rings. The number of amides is 1. The van der Waals surface area contributed by atoms with Crippen LogP contribution in [0.4, 0.5) is 0 Å². The summed E-state index contributed by atoms with van der Waals surface area (Å²) in [6.07, 6.45) is 2.76. The van der Waals surface area contributed by atoms with Gasteiger partial charge in [-0.1, -0.05) is 30.3 Å². The first kappa shape index (κ1) is 17.0. The summed E-state index contributed by atoms with van der Waals surface area (Å²) in [7, 11) is 1.70. The molecule has 1 amide bonds. The summed E-state index contributed by atoms with van der Waals surface area (Å²) >= 11 is 0. The molecule has 4 nitrogen and oxygen atoms in total. The summed E-state index contributed by atoms with van der Waals surface area (Å²) in [6.45, 7) is 1.46. The maximum absolute atomic E-state index is 12.3. The molecule has 1 heterocycles. The highest BCUT2D eigenvalue weighted by Crippen LogP contribution is 2.14. The molecule has 0 aromatic heterocycles. The lowest BCUT2D eigenvalue weighted by Crippen LogP contribution is -2.50. The second kappa shape index (κ2) is 8.25. The summed E-state index contributed by atoms with van der Waals surface area (Å²) < 4.78 is 5.33. The SMILES string of the molecule is COC1CCCN(C(=O)[C@@H](N)Cc2ccccc2)C1.Cl. The van der Waals surface area contributed by atoms with Gasteiger partial charge in [-0.15, -0.1) is 12.4 Å². The Morgan fingerprint density at radius 3 is 2.80 bits per heavy atom. The molecule has 0 saturated carbocycles. The van der Waals surface area contributed by atoms with Crippen molar-refractivity contribution in [2.75, 3.05) is 20.2 Å². The number of hydrogen-bond donors (Lipinski definition) is 1. The Labute approximate surface area is 126 Å². The first-order valence-corrected chi connectivity index (χ1v) is 6.82. The van der Waals surface area contributed by atoms with Crippen molar-refractivity contribution in [1.82, 2.24) is 4.90 Å². The van der Waals surface area contributed by atoms with Gasteiger partial charge in [0, 0.05) is 20.2 Å². The number of halogens is 1. The monoisotopic (exact) mass is 298 g/mol. The van der Waals surface area contributed by atoms with E-state index in [1.54, 1.807) is 7.11 Å². The lowest BCUT2D eigenvalue weighted by Gasteiger charge is -2.33. The molecule has 1 saturated heterocycles. The fourth-order valence-corrected chi connectivity index (χ4v) is 2.52. The fourth-order valence-electron chi connectivity index (χ4n) is 2.52. The predicted molar refractivity (Wildman–Crippen MR) is 82.0 cm³/mol. The zero-order chi connectivity index (χ0) is 13.7. The van der Waals surface area contributed by atoms with E-state index >= 15 is 0 Å². The Morgan fingerprint density at radius 2 is 2.15 bits per heavy atom. The predicted octanol–water partition coefficient (Wildman–Crippen LogP) is 1.62. The van der Waals surface area contributed by atoms with Crippen molar-refractivity contribution in [3.05, 3.63) is 35.9 Å². The van der Waals surface area contributed by atoms with Gasteiger partial charge in [-0.3, -0.25) is 4.79 Å². The van der Waals surface area contributed by atoms with Crippen LogP contribution in [0.25, 0.3) is 0 Å². The highest BCUT2D eigenvalue weighted by Gasteiger charge is 2.26. The number of benzene rings is 1. The molecule has 0 aliphatic carbocycles. The molecule has 1 aromatic rings. The van der Waals surface area contributed by atoms with Gasteiger partial charge in [0.2, 0.25) is 5.91 Å². The summed E-state index contributed by atoms with van der Waals surface area (Å²) in [5, 5.41) is 0. The van der Waals surface area contributed by atoms with Crippen LogP contribution in [0.15, 0.2) is 30.3 Å². The van der Waals surface area contributed by atoms with Crippen LogP contribution in [-0.4, -0.2) is 43.2 Å². The second-order valence-electron chi connectivity index (χ2n) is 5.08. The molecule has 1 aliphatic heterocycles. The Balaban J connectivity index is 0.00000200. The van der Waals surface area contributed by atoms with Gasteiger partial charge < -0.3 is 15.4 Å². The molecule has 0 bridgehead atoms. The fraction of sp³-hybridized carbons (Fsp3) is 0.533.